The zero-order chi connectivity index (χ0) is 21.0. The highest BCUT2D eigenvalue weighted by Gasteiger charge is 2.30. The standard InChI is InChI=1S/C17H18F2N6O4/c1-2-29-17(26)24-7-5-23(6-8-24)16-14(25(27)28)15(20-10-21-16)22-11-3-4-12(18)13(19)9-11/h3-4,9-10H,2,5-8H2,1H3,(H,20,21,22). The third kappa shape index (κ3) is 4.47. The first-order valence-corrected chi connectivity index (χ1v) is 8.78. The average Bonchev–Trinajstić information content (AvgIpc) is 2.71. The number of ether oxygens (including phenoxy) is 1. The van der Waals surface area contributed by atoms with Gasteiger partial charge in [-0.2, -0.15) is 0 Å². The van der Waals surface area contributed by atoms with E-state index in [1.807, 2.05) is 0 Å². The molecule has 0 saturated carbocycles. The highest BCUT2D eigenvalue weighted by atomic mass is 19.2. The summed E-state index contributed by atoms with van der Waals surface area (Å²) in [6, 6.07) is 3.02. The highest BCUT2D eigenvalue weighted by Crippen LogP contribution is 2.34. The number of hydrogen-bond acceptors (Lipinski definition) is 8. The predicted octanol–water partition coefficient (Wildman–Crippen LogP) is 2.69. The molecule has 1 saturated heterocycles. The summed E-state index contributed by atoms with van der Waals surface area (Å²) in [7, 11) is 0. The van der Waals surface area contributed by atoms with E-state index < -0.39 is 28.3 Å². The molecule has 0 atom stereocenters. The first kappa shape index (κ1) is 20.2. The molecule has 1 aromatic carbocycles. The van der Waals surface area contributed by atoms with Crippen LogP contribution in [0, 0.1) is 21.7 Å². The van der Waals surface area contributed by atoms with Crippen molar-refractivity contribution in [3.8, 4) is 0 Å². The summed E-state index contributed by atoms with van der Waals surface area (Å²) in [5.41, 5.74) is -0.300. The van der Waals surface area contributed by atoms with Crippen molar-refractivity contribution in [2.24, 2.45) is 0 Å². The Kier molecular flexibility index (Phi) is 6.00. The topological polar surface area (TPSA) is 114 Å². The van der Waals surface area contributed by atoms with Gasteiger partial charge < -0.3 is 19.9 Å². The van der Waals surface area contributed by atoms with Crippen LogP contribution in [-0.4, -0.2) is 58.7 Å². The number of aromatic nitrogens is 2. The van der Waals surface area contributed by atoms with Gasteiger partial charge in [0.15, 0.2) is 11.6 Å². The molecule has 0 aliphatic carbocycles. The number of nitrogens with one attached hydrogen (secondary N) is 1. The lowest BCUT2D eigenvalue weighted by Crippen LogP contribution is -2.49. The van der Waals surface area contributed by atoms with E-state index in [1.54, 1.807) is 11.8 Å². The molecule has 1 N–H and O–H groups in total. The van der Waals surface area contributed by atoms with Crippen LogP contribution in [0.3, 0.4) is 0 Å². The molecule has 154 valence electrons. The summed E-state index contributed by atoms with van der Waals surface area (Å²) >= 11 is 0. The molecule has 12 heteroatoms. The summed E-state index contributed by atoms with van der Waals surface area (Å²) in [6.45, 7) is 3.20. The molecule has 2 aromatic rings. The van der Waals surface area contributed by atoms with Gasteiger partial charge in [-0.3, -0.25) is 10.1 Å². The molecule has 1 aliphatic rings. The molecule has 1 aliphatic heterocycles. The van der Waals surface area contributed by atoms with E-state index in [0.29, 0.717) is 26.2 Å². The monoisotopic (exact) mass is 408 g/mol. The number of nitrogens with zero attached hydrogens (tertiary/aromatic N) is 5. The Hall–Kier alpha value is -3.57. The number of amides is 1. The Morgan fingerprint density at radius 3 is 2.59 bits per heavy atom. The molecule has 0 spiro atoms. The first-order chi connectivity index (χ1) is 13.9. The quantitative estimate of drug-likeness (QED) is 0.593. The summed E-state index contributed by atoms with van der Waals surface area (Å²) in [4.78, 5) is 33.9. The minimum absolute atomic E-state index is 0.0681. The average molecular weight is 408 g/mol. The van der Waals surface area contributed by atoms with Gasteiger partial charge in [0.1, 0.15) is 6.33 Å². The summed E-state index contributed by atoms with van der Waals surface area (Å²) in [5, 5.41) is 14.3. The molecule has 0 bridgehead atoms. The van der Waals surface area contributed by atoms with Crippen molar-refractivity contribution in [3.63, 3.8) is 0 Å². The molecule has 1 aromatic heterocycles. The lowest BCUT2D eigenvalue weighted by atomic mass is 10.2. The number of benzene rings is 1. The number of halogens is 2. The van der Waals surface area contributed by atoms with Crippen molar-refractivity contribution in [1.29, 1.82) is 0 Å². The maximum absolute atomic E-state index is 13.4. The van der Waals surface area contributed by atoms with E-state index in [9.17, 15) is 23.7 Å². The zero-order valence-corrected chi connectivity index (χ0v) is 15.5. The number of rotatable bonds is 5. The van der Waals surface area contributed by atoms with Crippen LogP contribution in [0.5, 0.6) is 0 Å². The summed E-state index contributed by atoms with van der Waals surface area (Å²) in [5.74, 6) is -2.22. The van der Waals surface area contributed by atoms with Crippen LogP contribution in [0.1, 0.15) is 6.92 Å². The summed E-state index contributed by atoms with van der Waals surface area (Å²) < 4.78 is 31.5. The van der Waals surface area contributed by atoms with E-state index >= 15 is 0 Å². The Morgan fingerprint density at radius 2 is 1.97 bits per heavy atom. The lowest BCUT2D eigenvalue weighted by molar-refractivity contribution is -0.383. The second kappa shape index (κ2) is 8.63. The van der Waals surface area contributed by atoms with E-state index in [0.717, 1.165) is 18.5 Å². The largest absolute Gasteiger partial charge is 0.450 e. The van der Waals surface area contributed by atoms with Crippen molar-refractivity contribution >= 4 is 29.1 Å². The van der Waals surface area contributed by atoms with Crippen molar-refractivity contribution < 1.29 is 23.2 Å². The van der Waals surface area contributed by atoms with Gasteiger partial charge in [0.25, 0.3) is 0 Å². The first-order valence-electron chi connectivity index (χ1n) is 8.78. The van der Waals surface area contributed by atoms with Gasteiger partial charge in [-0.1, -0.05) is 0 Å². The molecule has 3 rings (SSSR count). The minimum Gasteiger partial charge on any atom is -0.450 e. The fourth-order valence-corrected chi connectivity index (χ4v) is 2.89. The maximum Gasteiger partial charge on any atom is 0.409 e. The number of nitro groups is 1. The number of anilines is 3. The van der Waals surface area contributed by atoms with Crippen LogP contribution in [0.2, 0.25) is 0 Å². The summed E-state index contributed by atoms with van der Waals surface area (Å²) in [6.07, 6.45) is 0.701. The van der Waals surface area contributed by atoms with E-state index in [2.05, 4.69) is 15.3 Å². The third-order valence-corrected chi connectivity index (χ3v) is 4.27. The van der Waals surface area contributed by atoms with Crippen LogP contribution in [-0.2, 0) is 4.74 Å². The van der Waals surface area contributed by atoms with E-state index in [4.69, 9.17) is 4.74 Å². The van der Waals surface area contributed by atoms with Gasteiger partial charge in [0, 0.05) is 37.9 Å². The smallest absolute Gasteiger partial charge is 0.409 e. The van der Waals surface area contributed by atoms with Crippen molar-refractivity contribution in [2.45, 2.75) is 6.92 Å². The molecule has 29 heavy (non-hydrogen) atoms. The van der Waals surface area contributed by atoms with Crippen LogP contribution in [0.15, 0.2) is 24.5 Å². The number of carbonyl (C=O) groups is 1. The Morgan fingerprint density at radius 1 is 1.24 bits per heavy atom. The minimum atomic E-state index is -1.10. The number of carbonyl (C=O) groups excluding carboxylic acids is 1. The Balaban J connectivity index is 1.83. The van der Waals surface area contributed by atoms with Gasteiger partial charge in [0.05, 0.1) is 11.5 Å². The molecule has 1 fully saturated rings. The van der Waals surface area contributed by atoms with E-state index in [-0.39, 0.29) is 23.9 Å². The van der Waals surface area contributed by atoms with Crippen molar-refractivity contribution in [2.75, 3.05) is 43.0 Å². The normalized spacial score (nSPS) is 13.9. The van der Waals surface area contributed by atoms with Gasteiger partial charge >= 0.3 is 11.8 Å². The number of hydrogen-bond donors (Lipinski definition) is 1. The third-order valence-electron chi connectivity index (χ3n) is 4.27. The molecule has 2 heterocycles. The van der Waals surface area contributed by atoms with Crippen molar-refractivity contribution in [3.05, 3.63) is 46.3 Å². The second-order valence-corrected chi connectivity index (χ2v) is 6.08. The molecular formula is C17H18F2N6O4. The van der Waals surface area contributed by atoms with E-state index in [1.165, 1.54) is 11.0 Å². The fourth-order valence-electron chi connectivity index (χ4n) is 2.89. The predicted molar refractivity (Wildman–Crippen MR) is 99.1 cm³/mol. The van der Waals surface area contributed by atoms with Gasteiger partial charge in [-0.25, -0.2) is 23.5 Å². The lowest BCUT2D eigenvalue weighted by Gasteiger charge is -2.34. The van der Waals surface area contributed by atoms with Crippen LogP contribution < -0.4 is 10.2 Å². The van der Waals surface area contributed by atoms with Crippen LogP contribution in [0.4, 0.5) is 36.6 Å². The zero-order valence-electron chi connectivity index (χ0n) is 15.5. The molecule has 0 unspecified atom stereocenters. The highest BCUT2D eigenvalue weighted by molar-refractivity contribution is 5.75. The maximum atomic E-state index is 13.4. The van der Waals surface area contributed by atoms with Gasteiger partial charge in [0.2, 0.25) is 11.6 Å². The molecule has 10 nitrogen and oxygen atoms in total. The fraction of sp³-hybridized carbons (Fsp3) is 0.353. The second-order valence-electron chi connectivity index (χ2n) is 6.08. The van der Waals surface area contributed by atoms with Crippen molar-refractivity contribution in [1.82, 2.24) is 14.9 Å². The van der Waals surface area contributed by atoms with Crippen LogP contribution in [0.25, 0.3) is 0 Å². The molecule has 0 radical (unpaired) electrons. The van der Waals surface area contributed by atoms with Gasteiger partial charge in [-0.15, -0.1) is 0 Å². The molecule has 1 amide bonds. The Labute approximate surface area is 164 Å². The Bertz CT molecular complexity index is 921. The SMILES string of the molecule is CCOC(=O)N1CCN(c2ncnc(Nc3ccc(F)c(F)c3)c2[N+](=O)[O-])CC1. The number of piperazine rings is 1. The van der Waals surface area contributed by atoms with Gasteiger partial charge in [-0.05, 0) is 19.1 Å². The van der Waals surface area contributed by atoms with Crippen LogP contribution >= 0.6 is 0 Å². The molecular weight excluding hydrogens is 390 g/mol.